The summed E-state index contributed by atoms with van der Waals surface area (Å²) in [6.07, 6.45) is 2.62. The van der Waals surface area contributed by atoms with Crippen LogP contribution in [0, 0.1) is 18.8 Å². The van der Waals surface area contributed by atoms with Crippen LogP contribution >= 0.6 is 0 Å². The van der Waals surface area contributed by atoms with E-state index in [1.54, 1.807) is 4.90 Å². The molecule has 0 N–H and O–H groups in total. The SMILES string of the molecule is Cc1cccc(N2C[C@H](C(=O)N3CCC[C@@H](C)C3)CC2=O)c1. The van der Waals surface area contributed by atoms with Crippen molar-refractivity contribution in [1.82, 2.24) is 4.90 Å². The molecular formula is C18H24N2O2. The Balaban J connectivity index is 1.70. The van der Waals surface area contributed by atoms with Gasteiger partial charge in [0.1, 0.15) is 0 Å². The van der Waals surface area contributed by atoms with Gasteiger partial charge in [-0.2, -0.15) is 0 Å². The van der Waals surface area contributed by atoms with E-state index in [1.807, 2.05) is 36.1 Å². The Morgan fingerprint density at radius 2 is 2.09 bits per heavy atom. The van der Waals surface area contributed by atoms with Crippen LogP contribution in [0.2, 0.25) is 0 Å². The number of hydrogen-bond donors (Lipinski definition) is 0. The lowest BCUT2D eigenvalue weighted by Gasteiger charge is -2.32. The van der Waals surface area contributed by atoms with Crippen LogP contribution in [0.5, 0.6) is 0 Å². The molecule has 2 heterocycles. The number of anilines is 1. The molecule has 0 unspecified atom stereocenters. The highest BCUT2D eigenvalue weighted by atomic mass is 16.2. The Kier molecular flexibility index (Phi) is 4.19. The molecule has 2 fully saturated rings. The fraction of sp³-hybridized carbons (Fsp3) is 0.556. The highest BCUT2D eigenvalue weighted by Crippen LogP contribution is 2.28. The summed E-state index contributed by atoms with van der Waals surface area (Å²) in [5.74, 6) is 0.616. The lowest BCUT2D eigenvalue weighted by molar-refractivity contribution is -0.137. The lowest BCUT2D eigenvalue weighted by atomic mass is 9.98. The topological polar surface area (TPSA) is 40.6 Å². The summed E-state index contributed by atoms with van der Waals surface area (Å²) in [6.45, 7) is 6.42. The van der Waals surface area contributed by atoms with E-state index in [-0.39, 0.29) is 17.7 Å². The zero-order valence-electron chi connectivity index (χ0n) is 13.4. The van der Waals surface area contributed by atoms with E-state index >= 15 is 0 Å². The van der Waals surface area contributed by atoms with E-state index in [1.165, 1.54) is 6.42 Å². The van der Waals surface area contributed by atoms with Gasteiger partial charge >= 0.3 is 0 Å². The molecule has 0 bridgehead atoms. The number of rotatable bonds is 2. The zero-order chi connectivity index (χ0) is 15.7. The lowest BCUT2D eigenvalue weighted by Crippen LogP contribution is -2.43. The largest absolute Gasteiger partial charge is 0.342 e. The highest BCUT2D eigenvalue weighted by Gasteiger charge is 2.37. The Morgan fingerprint density at radius 3 is 2.82 bits per heavy atom. The molecule has 0 radical (unpaired) electrons. The third-order valence-electron chi connectivity index (χ3n) is 4.76. The average Bonchev–Trinajstić information content (AvgIpc) is 2.88. The first-order valence-electron chi connectivity index (χ1n) is 8.20. The maximum Gasteiger partial charge on any atom is 0.228 e. The van der Waals surface area contributed by atoms with Gasteiger partial charge in [-0.25, -0.2) is 0 Å². The second kappa shape index (κ2) is 6.11. The minimum Gasteiger partial charge on any atom is -0.342 e. The molecule has 2 atom stereocenters. The standard InChI is InChI=1S/C18H24N2O2/c1-13-5-3-7-16(9-13)20-12-15(10-17(20)21)18(22)19-8-4-6-14(2)11-19/h3,5,7,9,14-15H,4,6,8,10-12H2,1-2H3/t14-,15-/m1/s1. The smallest absolute Gasteiger partial charge is 0.228 e. The maximum absolute atomic E-state index is 12.7. The molecule has 0 spiro atoms. The van der Waals surface area contributed by atoms with Crippen LogP contribution in [0.25, 0.3) is 0 Å². The molecule has 3 rings (SSSR count). The van der Waals surface area contributed by atoms with Gasteiger partial charge in [0, 0.05) is 31.7 Å². The van der Waals surface area contributed by atoms with E-state index in [4.69, 9.17) is 0 Å². The van der Waals surface area contributed by atoms with Crippen molar-refractivity contribution in [2.24, 2.45) is 11.8 Å². The summed E-state index contributed by atoms with van der Waals surface area (Å²) in [4.78, 5) is 28.7. The first kappa shape index (κ1) is 15.1. The number of carbonyl (C=O) groups is 2. The molecular weight excluding hydrogens is 276 g/mol. The number of nitrogens with zero attached hydrogens (tertiary/aromatic N) is 2. The third-order valence-corrected chi connectivity index (χ3v) is 4.76. The fourth-order valence-electron chi connectivity index (χ4n) is 3.57. The van der Waals surface area contributed by atoms with Gasteiger partial charge in [0.2, 0.25) is 11.8 Å². The van der Waals surface area contributed by atoms with Crippen molar-refractivity contribution in [3.8, 4) is 0 Å². The van der Waals surface area contributed by atoms with Crippen LogP contribution in [0.3, 0.4) is 0 Å². The van der Waals surface area contributed by atoms with E-state index in [9.17, 15) is 9.59 Å². The summed E-state index contributed by atoms with van der Waals surface area (Å²) in [5.41, 5.74) is 2.04. The maximum atomic E-state index is 12.7. The van der Waals surface area contributed by atoms with Gasteiger partial charge in [0.25, 0.3) is 0 Å². The van der Waals surface area contributed by atoms with Gasteiger partial charge in [0.15, 0.2) is 0 Å². The van der Waals surface area contributed by atoms with Crippen molar-refractivity contribution < 1.29 is 9.59 Å². The molecule has 0 aliphatic carbocycles. The van der Waals surface area contributed by atoms with Gasteiger partial charge in [-0.05, 0) is 43.4 Å². The molecule has 4 nitrogen and oxygen atoms in total. The van der Waals surface area contributed by atoms with Crippen molar-refractivity contribution in [3.05, 3.63) is 29.8 Å². The van der Waals surface area contributed by atoms with E-state index < -0.39 is 0 Å². The van der Waals surface area contributed by atoms with Crippen molar-refractivity contribution in [3.63, 3.8) is 0 Å². The number of piperidine rings is 1. The molecule has 1 aromatic rings. The molecule has 22 heavy (non-hydrogen) atoms. The van der Waals surface area contributed by atoms with Gasteiger partial charge in [-0.3, -0.25) is 9.59 Å². The predicted molar refractivity (Wildman–Crippen MR) is 86.6 cm³/mol. The van der Waals surface area contributed by atoms with Crippen molar-refractivity contribution in [1.29, 1.82) is 0 Å². The second-order valence-electron chi connectivity index (χ2n) is 6.78. The first-order chi connectivity index (χ1) is 10.5. The van der Waals surface area contributed by atoms with Crippen molar-refractivity contribution in [2.75, 3.05) is 24.5 Å². The zero-order valence-corrected chi connectivity index (χ0v) is 13.4. The molecule has 0 aromatic heterocycles. The van der Waals surface area contributed by atoms with Gasteiger partial charge < -0.3 is 9.80 Å². The second-order valence-corrected chi connectivity index (χ2v) is 6.78. The summed E-state index contributed by atoms with van der Waals surface area (Å²) in [5, 5.41) is 0. The summed E-state index contributed by atoms with van der Waals surface area (Å²) >= 11 is 0. The number of likely N-dealkylation sites (tertiary alicyclic amines) is 1. The Morgan fingerprint density at radius 1 is 1.27 bits per heavy atom. The van der Waals surface area contributed by atoms with Gasteiger partial charge in [-0.1, -0.05) is 19.1 Å². The number of hydrogen-bond acceptors (Lipinski definition) is 2. The van der Waals surface area contributed by atoms with Crippen molar-refractivity contribution >= 4 is 17.5 Å². The Labute approximate surface area is 132 Å². The molecule has 2 saturated heterocycles. The van der Waals surface area contributed by atoms with Crippen LogP contribution in [0.15, 0.2) is 24.3 Å². The normalized spacial score (nSPS) is 25.6. The van der Waals surface area contributed by atoms with Crippen LogP contribution < -0.4 is 4.90 Å². The molecule has 1 aromatic carbocycles. The number of carbonyl (C=O) groups excluding carboxylic acids is 2. The Hall–Kier alpha value is -1.84. The Bertz CT molecular complexity index is 584. The summed E-state index contributed by atoms with van der Waals surface area (Å²) < 4.78 is 0. The van der Waals surface area contributed by atoms with Crippen LogP contribution in [0.4, 0.5) is 5.69 Å². The molecule has 118 valence electrons. The highest BCUT2D eigenvalue weighted by molar-refractivity contribution is 6.00. The summed E-state index contributed by atoms with van der Waals surface area (Å²) in [6, 6.07) is 7.93. The third kappa shape index (κ3) is 3.01. The van der Waals surface area contributed by atoms with E-state index in [2.05, 4.69) is 6.92 Å². The number of benzene rings is 1. The molecule has 2 aliphatic rings. The van der Waals surface area contributed by atoms with Crippen LogP contribution in [-0.4, -0.2) is 36.3 Å². The van der Waals surface area contributed by atoms with Gasteiger partial charge in [-0.15, -0.1) is 0 Å². The molecule has 2 aliphatic heterocycles. The number of aryl methyl sites for hydroxylation is 1. The molecule has 2 amide bonds. The van der Waals surface area contributed by atoms with E-state index in [0.29, 0.717) is 18.9 Å². The van der Waals surface area contributed by atoms with Crippen LogP contribution in [0.1, 0.15) is 31.7 Å². The quantitative estimate of drug-likeness (QED) is 0.842. The monoisotopic (exact) mass is 300 g/mol. The molecule has 4 heteroatoms. The van der Waals surface area contributed by atoms with Crippen molar-refractivity contribution in [2.45, 2.75) is 33.1 Å². The summed E-state index contributed by atoms with van der Waals surface area (Å²) in [7, 11) is 0. The minimum absolute atomic E-state index is 0.0639. The molecule has 0 saturated carbocycles. The minimum atomic E-state index is -0.182. The fourth-order valence-corrected chi connectivity index (χ4v) is 3.57. The average molecular weight is 300 g/mol. The van der Waals surface area contributed by atoms with E-state index in [0.717, 1.165) is 30.8 Å². The number of amides is 2. The predicted octanol–water partition coefficient (Wildman–Crippen LogP) is 2.61. The van der Waals surface area contributed by atoms with Gasteiger partial charge in [0.05, 0.1) is 5.92 Å². The first-order valence-corrected chi connectivity index (χ1v) is 8.20. The van der Waals surface area contributed by atoms with Crippen LogP contribution in [-0.2, 0) is 9.59 Å².